The van der Waals surface area contributed by atoms with E-state index in [9.17, 15) is 0 Å². The zero-order valence-corrected chi connectivity index (χ0v) is 12.0. The summed E-state index contributed by atoms with van der Waals surface area (Å²) in [5.74, 6) is 0. The van der Waals surface area contributed by atoms with Gasteiger partial charge in [-0.25, -0.2) is 0 Å². The third-order valence-corrected chi connectivity index (χ3v) is 1.93. The first kappa shape index (κ1) is 11.6. The van der Waals surface area contributed by atoms with E-state index in [0.29, 0.717) is 0 Å². The molecule has 0 aliphatic carbocycles. The van der Waals surface area contributed by atoms with Gasteiger partial charge in [0.2, 0.25) is 0 Å². The first-order chi connectivity index (χ1) is 6.45. The van der Waals surface area contributed by atoms with E-state index in [0.717, 1.165) is 6.42 Å². The van der Waals surface area contributed by atoms with E-state index in [-0.39, 0.29) is 31.1 Å². The van der Waals surface area contributed by atoms with Gasteiger partial charge in [-0.1, -0.05) is 0 Å². The Morgan fingerprint density at radius 1 is 0.786 bits per heavy atom. The van der Waals surface area contributed by atoms with Crippen LogP contribution in [-0.4, -0.2) is 0 Å². The first-order valence-electron chi connectivity index (χ1n) is 4.36. The predicted octanol–water partition coefficient (Wildman–Crippen LogP) is 2.88. The standard InChI is InChI=1S/C13H10.U/c1-3-7-12(8-4-1)11-13-9-5-2-6-10-13;/h1-7,9H,11H2;/q-2;+2. The molecule has 2 rings (SSSR count). The Labute approximate surface area is 109 Å². The molecule has 0 fully saturated rings. The summed E-state index contributed by atoms with van der Waals surface area (Å²) in [6.07, 6.45) is 0.918. The maximum atomic E-state index is 3.20. The number of benzene rings is 2. The van der Waals surface area contributed by atoms with Crippen LogP contribution in [0.25, 0.3) is 0 Å². The van der Waals surface area contributed by atoms with Crippen LogP contribution in [0.15, 0.2) is 48.5 Å². The molecule has 0 amide bonds. The monoisotopic (exact) mass is 404 g/mol. The second-order valence-electron chi connectivity index (χ2n) is 2.95. The minimum absolute atomic E-state index is 0. The molecular formula is C13H10U. The van der Waals surface area contributed by atoms with Gasteiger partial charge in [-0.05, 0) is 6.42 Å². The SMILES string of the molecule is [U+2].[c-]1ccccc1Cc1[c-]cccc1. The van der Waals surface area contributed by atoms with Crippen molar-refractivity contribution in [2.24, 2.45) is 0 Å². The van der Waals surface area contributed by atoms with Crippen molar-refractivity contribution < 1.29 is 31.1 Å². The molecule has 0 N–H and O–H groups in total. The average molecular weight is 404 g/mol. The molecule has 66 valence electrons. The zero-order chi connectivity index (χ0) is 8.93. The van der Waals surface area contributed by atoms with Gasteiger partial charge in [0.05, 0.1) is 0 Å². The van der Waals surface area contributed by atoms with E-state index in [1.807, 2.05) is 36.4 Å². The van der Waals surface area contributed by atoms with E-state index >= 15 is 0 Å². The molecule has 0 saturated carbocycles. The van der Waals surface area contributed by atoms with Crippen LogP contribution < -0.4 is 0 Å². The summed E-state index contributed by atoms with van der Waals surface area (Å²) in [5.41, 5.74) is 2.43. The third kappa shape index (κ3) is 3.33. The second kappa shape index (κ2) is 6.07. The van der Waals surface area contributed by atoms with Gasteiger partial charge < -0.3 is 0 Å². The van der Waals surface area contributed by atoms with Crippen molar-refractivity contribution in [3.63, 3.8) is 0 Å². The largest absolute Gasteiger partial charge is 2.00 e. The number of hydrogen-bond acceptors (Lipinski definition) is 0. The van der Waals surface area contributed by atoms with E-state index < -0.39 is 0 Å². The number of hydrogen-bond donors (Lipinski definition) is 0. The molecule has 0 unspecified atom stereocenters. The van der Waals surface area contributed by atoms with Gasteiger partial charge in [0.25, 0.3) is 0 Å². The second-order valence-corrected chi connectivity index (χ2v) is 2.95. The first-order valence-corrected chi connectivity index (χ1v) is 4.36. The van der Waals surface area contributed by atoms with Crippen molar-refractivity contribution in [1.29, 1.82) is 0 Å². The van der Waals surface area contributed by atoms with E-state index in [2.05, 4.69) is 24.3 Å². The molecule has 1 heteroatoms. The molecule has 0 atom stereocenters. The van der Waals surface area contributed by atoms with Gasteiger partial charge in [-0.2, -0.15) is 71.8 Å². The van der Waals surface area contributed by atoms with Crippen molar-refractivity contribution in [3.05, 3.63) is 71.8 Å². The molecule has 2 aromatic rings. The fraction of sp³-hybridized carbons (Fsp3) is 0.0769. The molecule has 0 radical (unpaired) electrons. The van der Waals surface area contributed by atoms with E-state index in [1.54, 1.807) is 0 Å². The Hall–Kier alpha value is -0.508. The van der Waals surface area contributed by atoms with E-state index in [1.165, 1.54) is 11.1 Å². The average Bonchev–Trinajstić information content (AvgIpc) is 2.21. The minimum atomic E-state index is 0. The maximum Gasteiger partial charge on any atom is 2.00 e. The van der Waals surface area contributed by atoms with Crippen LogP contribution in [-0.2, 0) is 6.42 Å². The van der Waals surface area contributed by atoms with Crippen LogP contribution in [0.1, 0.15) is 11.1 Å². The molecule has 0 bridgehead atoms. The molecule has 2 aromatic carbocycles. The Morgan fingerprint density at radius 3 is 1.64 bits per heavy atom. The van der Waals surface area contributed by atoms with Crippen molar-refractivity contribution in [1.82, 2.24) is 0 Å². The quantitative estimate of drug-likeness (QED) is 0.676. The Bertz CT molecular complexity index is 316. The van der Waals surface area contributed by atoms with Crippen LogP contribution >= 0.6 is 0 Å². The van der Waals surface area contributed by atoms with Crippen LogP contribution in [0, 0.1) is 43.2 Å². The molecular weight excluding hydrogens is 394 g/mol. The van der Waals surface area contributed by atoms with Crippen LogP contribution in [0.5, 0.6) is 0 Å². The van der Waals surface area contributed by atoms with Gasteiger partial charge in [0, 0.05) is 0 Å². The Kier molecular flexibility index (Phi) is 5.01. The van der Waals surface area contributed by atoms with Gasteiger partial charge in [-0.3, -0.25) is 0 Å². The van der Waals surface area contributed by atoms with Gasteiger partial charge >= 0.3 is 31.1 Å². The Morgan fingerprint density at radius 2 is 1.29 bits per heavy atom. The van der Waals surface area contributed by atoms with Crippen LogP contribution in [0.3, 0.4) is 0 Å². The number of rotatable bonds is 2. The summed E-state index contributed by atoms with van der Waals surface area (Å²) in [7, 11) is 0. The van der Waals surface area contributed by atoms with Crippen LogP contribution in [0.4, 0.5) is 0 Å². The summed E-state index contributed by atoms with van der Waals surface area (Å²) >= 11 is 0. The molecule has 0 saturated heterocycles. The predicted molar refractivity (Wildman–Crippen MR) is 53.4 cm³/mol. The third-order valence-electron chi connectivity index (χ3n) is 1.93. The fourth-order valence-electron chi connectivity index (χ4n) is 1.29. The molecule has 0 spiro atoms. The fourth-order valence-corrected chi connectivity index (χ4v) is 1.29. The zero-order valence-electron chi connectivity index (χ0n) is 7.83. The van der Waals surface area contributed by atoms with Gasteiger partial charge in [0.15, 0.2) is 0 Å². The maximum absolute atomic E-state index is 3.20. The Balaban J connectivity index is 0.000000980. The van der Waals surface area contributed by atoms with Crippen molar-refractivity contribution in [2.45, 2.75) is 6.42 Å². The molecule has 0 heterocycles. The summed E-state index contributed by atoms with van der Waals surface area (Å²) in [6.45, 7) is 0. The van der Waals surface area contributed by atoms with E-state index in [4.69, 9.17) is 0 Å². The minimum Gasteiger partial charge on any atom is -0.180 e. The topological polar surface area (TPSA) is 0 Å². The molecule has 14 heavy (non-hydrogen) atoms. The van der Waals surface area contributed by atoms with Crippen molar-refractivity contribution in [2.75, 3.05) is 0 Å². The molecule has 0 nitrogen and oxygen atoms in total. The summed E-state index contributed by atoms with van der Waals surface area (Å²) in [4.78, 5) is 0. The molecule has 0 aromatic heterocycles. The van der Waals surface area contributed by atoms with Gasteiger partial charge in [0.1, 0.15) is 0 Å². The smallest absolute Gasteiger partial charge is 0.180 e. The molecule has 0 aliphatic heterocycles. The van der Waals surface area contributed by atoms with Crippen molar-refractivity contribution in [3.8, 4) is 0 Å². The van der Waals surface area contributed by atoms with Crippen molar-refractivity contribution >= 4 is 0 Å². The molecule has 0 aliphatic rings. The van der Waals surface area contributed by atoms with Gasteiger partial charge in [-0.15, -0.1) is 0 Å². The summed E-state index contributed by atoms with van der Waals surface area (Å²) in [6, 6.07) is 22.5. The summed E-state index contributed by atoms with van der Waals surface area (Å²) in [5, 5.41) is 0. The normalized spacial score (nSPS) is 9.14. The van der Waals surface area contributed by atoms with Crippen LogP contribution in [0.2, 0.25) is 0 Å². The summed E-state index contributed by atoms with van der Waals surface area (Å²) < 4.78 is 0.